The second-order valence-electron chi connectivity index (χ2n) is 4.80. The van der Waals surface area contributed by atoms with Crippen molar-refractivity contribution in [2.24, 2.45) is 0 Å². The van der Waals surface area contributed by atoms with Crippen molar-refractivity contribution in [2.45, 2.75) is 0 Å². The molecule has 0 unspecified atom stereocenters. The van der Waals surface area contributed by atoms with Crippen molar-refractivity contribution in [1.82, 2.24) is 0 Å². The monoisotopic (exact) mass is 390 g/mol. The molecule has 0 aliphatic rings. The van der Waals surface area contributed by atoms with Gasteiger partial charge in [-0.05, 0) is 42.0 Å². The molecular formula is C18H15BrO5. The Bertz CT molecular complexity index is 858. The van der Waals surface area contributed by atoms with Crippen molar-refractivity contribution in [1.29, 1.82) is 0 Å². The summed E-state index contributed by atoms with van der Waals surface area (Å²) in [6.45, 7) is 0. The molecule has 0 atom stereocenters. The van der Waals surface area contributed by atoms with E-state index in [0.29, 0.717) is 21.5 Å². The third-order valence-electron chi connectivity index (χ3n) is 3.26. The molecule has 6 heteroatoms. The Labute approximate surface area is 147 Å². The number of carbonyl (C=O) groups is 1. The van der Waals surface area contributed by atoms with E-state index >= 15 is 0 Å². The zero-order valence-electron chi connectivity index (χ0n) is 13.1. The Morgan fingerprint density at radius 2 is 1.79 bits per heavy atom. The van der Waals surface area contributed by atoms with E-state index in [4.69, 9.17) is 9.47 Å². The van der Waals surface area contributed by atoms with Crippen LogP contribution in [0.25, 0.3) is 6.08 Å². The maximum absolute atomic E-state index is 12.3. The fourth-order valence-electron chi connectivity index (χ4n) is 2.03. The first kappa shape index (κ1) is 17.7. The first-order chi connectivity index (χ1) is 11.5. The molecule has 0 fully saturated rings. The summed E-state index contributed by atoms with van der Waals surface area (Å²) >= 11 is 3.20. The lowest BCUT2D eigenvalue weighted by Crippen LogP contribution is -2.01. The molecule has 0 saturated carbocycles. The SMILES string of the molecule is COc1ccc(/C=C/C(=O)c2cc(Br)ccc(=O)c2O)cc1OC. The molecule has 0 spiro atoms. The average Bonchev–Trinajstić information content (AvgIpc) is 2.72. The van der Waals surface area contributed by atoms with Gasteiger partial charge in [0.05, 0.1) is 19.8 Å². The standard InChI is InChI=1S/C18H15BrO5/c1-23-16-8-4-11(9-17(16)24-2)3-6-14(20)13-10-12(19)5-7-15(21)18(13)22/h3-10H,1-2H3,(H,21,22)/b6-3+. The number of ether oxygens (including phenoxy) is 2. The largest absolute Gasteiger partial charge is 0.504 e. The highest BCUT2D eigenvalue weighted by Gasteiger charge is 2.11. The van der Waals surface area contributed by atoms with Gasteiger partial charge in [-0.2, -0.15) is 0 Å². The van der Waals surface area contributed by atoms with E-state index in [-0.39, 0.29) is 5.56 Å². The number of carbonyl (C=O) groups excluding carboxylic acids is 1. The van der Waals surface area contributed by atoms with E-state index in [1.165, 1.54) is 38.5 Å². The fraction of sp³-hybridized carbons (Fsp3) is 0.111. The molecule has 0 amide bonds. The zero-order valence-corrected chi connectivity index (χ0v) is 14.7. The minimum absolute atomic E-state index is 0.0754. The van der Waals surface area contributed by atoms with Crippen LogP contribution in [0.4, 0.5) is 0 Å². The number of hydrogen-bond donors (Lipinski definition) is 1. The minimum Gasteiger partial charge on any atom is -0.504 e. The summed E-state index contributed by atoms with van der Waals surface area (Å²) in [5, 5.41) is 9.88. The minimum atomic E-state index is -0.622. The molecule has 0 aliphatic heterocycles. The van der Waals surface area contributed by atoms with E-state index in [0.717, 1.165) is 0 Å². The van der Waals surface area contributed by atoms with Crippen LogP contribution in [-0.2, 0) is 0 Å². The molecule has 124 valence electrons. The molecule has 2 aromatic rings. The zero-order chi connectivity index (χ0) is 17.7. The number of ketones is 1. The van der Waals surface area contributed by atoms with E-state index in [9.17, 15) is 14.7 Å². The number of aromatic hydroxyl groups is 1. The number of allylic oxidation sites excluding steroid dienone is 1. The van der Waals surface area contributed by atoms with Crippen LogP contribution in [0.1, 0.15) is 15.9 Å². The number of hydrogen-bond acceptors (Lipinski definition) is 5. The van der Waals surface area contributed by atoms with Gasteiger partial charge in [-0.25, -0.2) is 0 Å². The Hall–Kier alpha value is -2.60. The molecule has 24 heavy (non-hydrogen) atoms. The second kappa shape index (κ2) is 7.79. The van der Waals surface area contributed by atoms with Crippen molar-refractivity contribution in [3.63, 3.8) is 0 Å². The highest BCUT2D eigenvalue weighted by molar-refractivity contribution is 9.10. The van der Waals surface area contributed by atoms with Crippen LogP contribution in [0.2, 0.25) is 0 Å². The Morgan fingerprint density at radius 3 is 2.46 bits per heavy atom. The molecule has 0 bridgehead atoms. The van der Waals surface area contributed by atoms with Gasteiger partial charge in [0.15, 0.2) is 23.0 Å². The van der Waals surface area contributed by atoms with Crippen LogP contribution >= 0.6 is 15.9 Å². The lowest BCUT2D eigenvalue weighted by atomic mass is 10.1. The number of methoxy groups -OCH3 is 2. The topological polar surface area (TPSA) is 72.8 Å². The van der Waals surface area contributed by atoms with Crippen molar-refractivity contribution >= 4 is 27.8 Å². The quantitative estimate of drug-likeness (QED) is 0.625. The van der Waals surface area contributed by atoms with E-state index < -0.39 is 17.0 Å². The molecule has 0 aromatic heterocycles. The van der Waals surface area contributed by atoms with Gasteiger partial charge in [-0.3, -0.25) is 9.59 Å². The summed E-state index contributed by atoms with van der Waals surface area (Å²) in [6, 6.07) is 9.24. The summed E-state index contributed by atoms with van der Waals surface area (Å²) in [5.41, 5.74) is 0.0133. The molecule has 5 nitrogen and oxygen atoms in total. The Kier molecular flexibility index (Phi) is 5.76. The van der Waals surface area contributed by atoms with Crippen LogP contribution < -0.4 is 14.9 Å². The van der Waals surface area contributed by atoms with Gasteiger partial charge in [-0.15, -0.1) is 0 Å². The van der Waals surface area contributed by atoms with Crippen LogP contribution in [0.3, 0.4) is 0 Å². The number of halogens is 1. The molecule has 0 heterocycles. The van der Waals surface area contributed by atoms with E-state index in [1.54, 1.807) is 24.3 Å². The Balaban J connectivity index is 2.35. The van der Waals surface area contributed by atoms with Crippen molar-refractivity contribution < 1.29 is 19.4 Å². The molecule has 2 rings (SSSR count). The fourth-order valence-corrected chi connectivity index (χ4v) is 2.39. The highest BCUT2D eigenvalue weighted by atomic mass is 79.9. The molecule has 0 aliphatic carbocycles. The predicted octanol–water partition coefficient (Wildman–Crippen LogP) is 3.43. The van der Waals surface area contributed by atoms with Crippen molar-refractivity contribution in [2.75, 3.05) is 14.2 Å². The van der Waals surface area contributed by atoms with Gasteiger partial charge in [0.25, 0.3) is 0 Å². The Morgan fingerprint density at radius 1 is 1.08 bits per heavy atom. The van der Waals surface area contributed by atoms with Gasteiger partial charge >= 0.3 is 0 Å². The lowest BCUT2D eigenvalue weighted by molar-refractivity contribution is 0.104. The summed E-state index contributed by atoms with van der Waals surface area (Å²) < 4.78 is 10.9. The maximum Gasteiger partial charge on any atom is 0.220 e. The van der Waals surface area contributed by atoms with Crippen LogP contribution in [0.5, 0.6) is 17.2 Å². The summed E-state index contributed by atoms with van der Waals surface area (Å²) in [4.78, 5) is 23.9. The molecular weight excluding hydrogens is 376 g/mol. The second-order valence-corrected chi connectivity index (χ2v) is 5.72. The smallest absolute Gasteiger partial charge is 0.220 e. The normalized spacial score (nSPS) is 10.6. The van der Waals surface area contributed by atoms with Gasteiger partial charge in [-0.1, -0.05) is 28.1 Å². The van der Waals surface area contributed by atoms with Gasteiger partial charge in [0.1, 0.15) is 0 Å². The number of rotatable bonds is 5. The van der Waals surface area contributed by atoms with Crippen LogP contribution in [-0.4, -0.2) is 25.1 Å². The summed E-state index contributed by atoms with van der Waals surface area (Å²) in [6.07, 6.45) is 2.84. The van der Waals surface area contributed by atoms with Gasteiger partial charge in [0, 0.05) is 4.47 Å². The third-order valence-corrected chi connectivity index (χ3v) is 3.76. The molecule has 1 N–H and O–H groups in total. The third kappa shape index (κ3) is 4.02. The summed E-state index contributed by atoms with van der Waals surface area (Å²) in [7, 11) is 3.05. The van der Waals surface area contributed by atoms with E-state index in [2.05, 4.69) is 15.9 Å². The van der Waals surface area contributed by atoms with Gasteiger partial charge in [0.2, 0.25) is 5.43 Å². The highest BCUT2D eigenvalue weighted by Crippen LogP contribution is 2.28. The van der Waals surface area contributed by atoms with Crippen LogP contribution in [0.15, 0.2) is 51.7 Å². The first-order valence-corrected chi connectivity index (χ1v) is 7.73. The van der Waals surface area contributed by atoms with Crippen molar-refractivity contribution in [3.8, 4) is 17.2 Å². The van der Waals surface area contributed by atoms with Gasteiger partial charge < -0.3 is 14.6 Å². The predicted molar refractivity (Wildman–Crippen MR) is 95.0 cm³/mol. The van der Waals surface area contributed by atoms with Crippen LogP contribution in [0, 0.1) is 0 Å². The average molecular weight is 391 g/mol. The molecule has 0 saturated heterocycles. The van der Waals surface area contributed by atoms with Crippen molar-refractivity contribution in [3.05, 3.63) is 68.3 Å². The molecule has 0 radical (unpaired) electrons. The van der Waals surface area contributed by atoms with E-state index in [1.807, 2.05) is 0 Å². The maximum atomic E-state index is 12.3. The molecule has 2 aromatic carbocycles. The summed E-state index contributed by atoms with van der Waals surface area (Å²) in [5.74, 6) is 0.0400. The number of benzene rings is 1. The first-order valence-electron chi connectivity index (χ1n) is 6.93. The lowest BCUT2D eigenvalue weighted by Gasteiger charge is -2.07.